The summed E-state index contributed by atoms with van der Waals surface area (Å²) in [6.07, 6.45) is 4.26. The third kappa shape index (κ3) is 9.16. The molecule has 0 heterocycles. The minimum Gasteiger partial charge on any atom is -0.469 e. The highest BCUT2D eigenvalue weighted by molar-refractivity contribution is 5.69. The van der Waals surface area contributed by atoms with Gasteiger partial charge in [0, 0.05) is 12.8 Å². The number of hydrogen-bond donors (Lipinski definition) is 0. The Kier molecular flexibility index (Phi) is 11.8. The highest BCUT2D eigenvalue weighted by atomic mass is 16.5. The van der Waals surface area contributed by atoms with Crippen LogP contribution in [-0.4, -0.2) is 26.2 Å². The van der Waals surface area contributed by atoms with Gasteiger partial charge in [-0.3, -0.25) is 9.59 Å². The first-order chi connectivity index (χ1) is 10.7. The summed E-state index contributed by atoms with van der Waals surface area (Å²) in [6, 6.07) is 8.30. The summed E-state index contributed by atoms with van der Waals surface area (Å²) in [5.41, 5.74) is 2.43. The maximum absolute atomic E-state index is 11.0. The molecule has 0 aliphatic heterocycles. The molecule has 0 amide bonds. The van der Waals surface area contributed by atoms with E-state index < -0.39 is 0 Å². The van der Waals surface area contributed by atoms with E-state index in [1.165, 1.54) is 25.3 Å². The van der Waals surface area contributed by atoms with Crippen LogP contribution in [0.15, 0.2) is 24.3 Å². The van der Waals surface area contributed by atoms with Gasteiger partial charge in [-0.05, 0) is 36.8 Å². The van der Waals surface area contributed by atoms with Gasteiger partial charge in [-0.15, -0.1) is 0 Å². The number of methoxy groups -OCH3 is 2. The summed E-state index contributed by atoms with van der Waals surface area (Å²) in [6.45, 7) is 4.00. The number of hydrogen-bond acceptors (Lipinski definition) is 4. The lowest BCUT2D eigenvalue weighted by Gasteiger charge is -2.04. The molecule has 4 heteroatoms. The molecule has 0 bridgehead atoms. The van der Waals surface area contributed by atoms with Crippen molar-refractivity contribution in [1.29, 1.82) is 0 Å². The van der Waals surface area contributed by atoms with Gasteiger partial charge in [-0.1, -0.05) is 38.1 Å². The quantitative estimate of drug-likeness (QED) is 0.687. The predicted molar refractivity (Wildman–Crippen MR) is 87.7 cm³/mol. The van der Waals surface area contributed by atoms with Crippen molar-refractivity contribution in [1.82, 2.24) is 0 Å². The molecule has 0 radical (unpaired) electrons. The van der Waals surface area contributed by atoms with Crippen LogP contribution >= 0.6 is 0 Å². The van der Waals surface area contributed by atoms with Crippen LogP contribution in [0.3, 0.4) is 0 Å². The fourth-order valence-electron chi connectivity index (χ4n) is 1.95. The van der Waals surface area contributed by atoms with Gasteiger partial charge in [-0.25, -0.2) is 0 Å². The number of esters is 2. The van der Waals surface area contributed by atoms with E-state index in [4.69, 9.17) is 0 Å². The molecule has 0 N–H and O–H groups in total. The maximum Gasteiger partial charge on any atom is 0.305 e. The van der Waals surface area contributed by atoms with E-state index in [-0.39, 0.29) is 11.9 Å². The largest absolute Gasteiger partial charge is 0.469 e. The zero-order valence-electron chi connectivity index (χ0n) is 14.2. The van der Waals surface area contributed by atoms with E-state index in [1.807, 2.05) is 13.8 Å². The SMILES string of the molecule is CC.COC(=O)CCCc1ccc(CCCC(=O)OC)cc1. The minimum absolute atomic E-state index is 0.163. The Bertz CT molecular complexity index is 382. The Labute approximate surface area is 133 Å². The first-order valence-corrected chi connectivity index (χ1v) is 7.87. The average Bonchev–Trinajstić information content (AvgIpc) is 2.57. The molecule has 1 aromatic rings. The van der Waals surface area contributed by atoms with Crippen molar-refractivity contribution < 1.29 is 19.1 Å². The van der Waals surface area contributed by atoms with Gasteiger partial charge in [0.1, 0.15) is 0 Å². The first-order valence-electron chi connectivity index (χ1n) is 7.87. The lowest BCUT2D eigenvalue weighted by atomic mass is 10.0. The van der Waals surface area contributed by atoms with Crippen molar-refractivity contribution in [2.75, 3.05) is 14.2 Å². The summed E-state index contributed by atoms with van der Waals surface area (Å²) < 4.78 is 9.21. The smallest absolute Gasteiger partial charge is 0.305 e. The Morgan fingerprint density at radius 3 is 1.36 bits per heavy atom. The molecule has 0 saturated heterocycles. The van der Waals surface area contributed by atoms with Gasteiger partial charge >= 0.3 is 11.9 Å². The van der Waals surface area contributed by atoms with Crippen molar-refractivity contribution in [3.8, 4) is 0 Å². The zero-order chi connectivity index (χ0) is 16.8. The molecular weight excluding hydrogens is 280 g/mol. The molecule has 0 fully saturated rings. The molecule has 0 atom stereocenters. The monoisotopic (exact) mass is 308 g/mol. The number of benzene rings is 1. The second-order valence-electron chi connectivity index (χ2n) is 4.68. The topological polar surface area (TPSA) is 52.6 Å². The van der Waals surface area contributed by atoms with E-state index in [0.29, 0.717) is 12.8 Å². The van der Waals surface area contributed by atoms with Crippen molar-refractivity contribution in [2.45, 2.75) is 52.4 Å². The fraction of sp³-hybridized carbons (Fsp3) is 0.556. The van der Waals surface area contributed by atoms with Gasteiger partial charge in [0.25, 0.3) is 0 Å². The summed E-state index contributed by atoms with van der Waals surface area (Å²) in [7, 11) is 2.82. The highest BCUT2D eigenvalue weighted by Crippen LogP contribution is 2.11. The van der Waals surface area contributed by atoms with Gasteiger partial charge < -0.3 is 9.47 Å². The Hall–Kier alpha value is -1.84. The van der Waals surface area contributed by atoms with Gasteiger partial charge in [-0.2, -0.15) is 0 Å². The first kappa shape index (κ1) is 20.2. The predicted octanol–water partition coefficient (Wildman–Crippen LogP) is 3.70. The second-order valence-corrected chi connectivity index (χ2v) is 4.68. The molecule has 1 rings (SSSR count). The standard InChI is InChI=1S/C16H22O4.C2H6/c1-19-15(17)7-3-5-13-9-11-14(12-10-13)6-4-8-16(18)20-2;1-2/h9-12H,3-8H2,1-2H3;1-2H3. The van der Waals surface area contributed by atoms with E-state index in [2.05, 4.69) is 33.7 Å². The fourth-order valence-corrected chi connectivity index (χ4v) is 1.95. The van der Waals surface area contributed by atoms with Crippen LogP contribution in [0.1, 0.15) is 50.7 Å². The van der Waals surface area contributed by atoms with E-state index in [0.717, 1.165) is 25.7 Å². The lowest BCUT2D eigenvalue weighted by molar-refractivity contribution is -0.141. The van der Waals surface area contributed by atoms with Crippen molar-refractivity contribution in [3.05, 3.63) is 35.4 Å². The van der Waals surface area contributed by atoms with Gasteiger partial charge in [0.05, 0.1) is 14.2 Å². The third-order valence-electron chi connectivity index (χ3n) is 3.17. The van der Waals surface area contributed by atoms with Gasteiger partial charge in [0.15, 0.2) is 0 Å². The van der Waals surface area contributed by atoms with Crippen molar-refractivity contribution in [3.63, 3.8) is 0 Å². The normalized spacial score (nSPS) is 9.45. The molecule has 1 aromatic carbocycles. The summed E-state index contributed by atoms with van der Waals surface area (Å²) in [4.78, 5) is 22.0. The maximum atomic E-state index is 11.0. The zero-order valence-corrected chi connectivity index (χ0v) is 14.2. The average molecular weight is 308 g/mol. The molecule has 22 heavy (non-hydrogen) atoms. The molecule has 0 aliphatic rings. The molecule has 0 aromatic heterocycles. The highest BCUT2D eigenvalue weighted by Gasteiger charge is 2.02. The summed E-state index contributed by atoms with van der Waals surface area (Å²) in [5, 5.41) is 0. The molecular formula is C18H28O4. The van der Waals surface area contributed by atoms with Crippen LogP contribution in [0, 0.1) is 0 Å². The molecule has 0 unspecified atom stereocenters. The molecule has 124 valence electrons. The molecule has 0 aliphatic carbocycles. The van der Waals surface area contributed by atoms with E-state index in [9.17, 15) is 9.59 Å². The number of aryl methyl sites for hydroxylation is 2. The number of ether oxygens (including phenoxy) is 2. The van der Waals surface area contributed by atoms with Crippen LogP contribution in [0.4, 0.5) is 0 Å². The molecule has 0 saturated carbocycles. The van der Waals surface area contributed by atoms with Crippen LogP contribution in [-0.2, 0) is 31.9 Å². The molecule has 4 nitrogen and oxygen atoms in total. The Balaban J connectivity index is 0.00000211. The Morgan fingerprint density at radius 2 is 1.09 bits per heavy atom. The third-order valence-corrected chi connectivity index (χ3v) is 3.17. The van der Waals surface area contributed by atoms with E-state index >= 15 is 0 Å². The number of rotatable bonds is 8. The van der Waals surface area contributed by atoms with Crippen LogP contribution in [0.5, 0.6) is 0 Å². The van der Waals surface area contributed by atoms with Crippen molar-refractivity contribution >= 4 is 11.9 Å². The molecule has 0 spiro atoms. The van der Waals surface area contributed by atoms with Gasteiger partial charge in [0.2, 0.25) is 0 Å². The Morgan fingerprint density at radius 1 is 0.773 bits per heavy atom. The van der Waals surface area contributed by atoms with E-state index in [1.54, 1.807) is 0 Å². The minimum atomic E-state index is -0.163. The summed E-state index contributed by atoms with van der Waals surface area (Å²) in [5.74, 6) is -0.325. The second kappa shape index (κ2) is 12.9. The summed E-state index contributed by atoms with van der Waals surface area (Å²) >= 11 is 0. The number of carbonyl (C=O) groups excluding carboxylic acids is 2. The van der Waals surface area contributed by atoms with Crippen LogP contribution in [0.2, 0.25) is 0 Å². The lowest BCUT2D eigenvalue weighted by Crippen LogP contribution is -2.01. The van der Waals surface area contributed by atoms with Crippen molar-refractivity contribution in [2.24, 2.45) is 0 Å². The number of carbonyl (C=O) groups is 2. The van der Waals surface area contributed by atoms with Crippen LogP contribution < -0.4 is 0 Å². The van der Waals surface area contributed by atoms with Crippen LogP contribution in [0.25, 0.3) is 0 Å².